The second-order valence-corrected chi connectivity index (χ2v) is 12.2. The van der Waals surface area contributed by atoms with Gasteiger partial charge in [-0.3, -0.25) is 14.6 Å². The lowest BCUT2D eigenvalue weighted by atomic mass is 9.97. The van der Waals surface area contributed by atoms with E-state index in [4.69, 9.17) is 6.57 Å². The lowest BCUT2D eigenvalue weighted by molar-refractivity contribution is 0.0926. The molecule has 6 aromatic carbocycles. The van der Waals surface area contributed by atoms with Crippen molar-refractivity contribution in [2.75, 3.05) is 4.90 Å². The van der Waals surface area contributed by atoms with E-state index in [-0.39, 0.29) is 11.8 Å². The first kappa shape index (κ1) is 29.1. The fourth-order valence-electron chi connectivity index (χ4n) is 7.12. The van der Waals surface area contributed by atoms with Crippen LogP contribution in [-0.4, -0.2) is 21.4 Å². The number of fused-ring (bicyclic) bond motifs is 4. The van der Waals surface area contributed by atoms with E-state index in [0.29, 0.717) is 28.2 Å². The maximum atomic E-state index is 14.8. The van der Waals surface area contributed by atoms with Crippen LogP contribution >= 0.6 is 0 Å². The van der Waals surface area contributed by atoms with Gasteiger partial charge in [-0.1, -0.05) is 109 Å². The Morgan fingerprint density at radius 1 is 0.500 bits per heavy atom. The summed E-state index contributed by atoms with van der Waals surface area (Å²) in [6, 6.07) is 47.3. The first-order valence-corrected chi connectivity index (χ1v) is 16.2. The smallest absolute Gasteiger partial charge is 0.268 e. The minimum atomic E-state index is -0.376. The van der Waals surface area contributed by atoms with Crippen molar-refractivity contribution < 1.29 is 9.59 Å². The number of nitrogens with zero attached hydrogens (tertiary/aromatic N) is 4. The third-order valence-corrected chi connectivity index (χ3v) is 9.42. The topological polar surface area (TPSA) is 59.6 Å². The number of carbonyl (C=O) groups excluding carboxylic acids is 2. The average molecular weight is 643 g/mol. The molecule has 0 unspecified atom stereocenters. The largest absolute Gasteiger partial charge is 0.308 e. The number of anilines is 1. The highest BCUT2D eigenvalue weighted by atomic mass is 16.2. The zero-order valence-corrected chi connectivity index (χ0v) is 26.6. The normalized spacial score (nSPS) is 12.4. The summed E-state index contributed by atoms with van der Waals surface area (Å²) in [5, 5.41) is 2.03. The summed E-state index contributed by atoms with van der Waals surface area (Å²) in [5.41, 5.74) is 9.42. The third kappa shape index (κ3) is 4.53. The summed E-state index contributed by atoms with van der Waals surface area (Å²) >= 11 is 0. The molecule has 0 bridgehead atoms. The Morgan fingerprint density at radius 2 is 1.20 bits per heavy atom. The molecule has 0 N–H and O–H groups in total. The Labute approximate surface area is 287 Å². The van der Waals surface area contributed by atoms with Crippen LogP contribution in [0.25, 0.3) is 65.7 Å². The Hall–Kier alpha value is -7.10. The van der Waals surface area contributed by atoms with Crippen LogP contribution in [0.2, 0.25) is 0 Å². The van der Waals surface area contributed by atoms with Crippen molar-refractivity contribution in [3.63, 3.8) is 0 Å². The number of imide groups is 1. The van der Waals surface area contributed by atoms with Crippen molar-refractivity contribution in [1.82, 2.24) is 9.55 Å². The molecule has 1 aliphatic heterocycles. The van der Waals surface area contributed by atoms with Crippen molar-refractivity contribution in [2.45, 2.75) is 0 Å². The quantitative estimate of drug-likeness (QED) is 0.139. The molecule has 8 aromatic rings. The molecule has 2 aromatic heterocycles. The molecule has 6 nitrogen and oxygen atoms in total. The molecular formula is C44H26N4O2. The van der Waals surface area contributed by atoms with Crippen LogP contribution in [0.1, 0.15) is 20.7 Å². The monoisotopic (exact) mass is 642 g/mol. The highest BCUT2D eigenvalue weighted by Gasteiger charge is 2.40. The lowest BCUT2D eigenvalue weighted by Gasteiger charge is -2.20. The second-order valence-electron chi connectivity index (χ2n) is 12.2. The Morgan fingerprint density at radius 3 is 2.00 bits per heavy atom. The first-order valence-electron chi connectivity index (χ1n) is 16.2. The fourth-order valence-corrected chi connectivity index (χ4v) is 7.12. The summed E-state index contributed by atoms with van der Waals surface area (Å²) in [6.07, 6.45) is 3.30. The van der Waals surface area contributed by atoms with Crippen LogP contribution in [0, 0.1) is 6.57 Å². The fraction of sp³-hybridized carbons (Fsp3) is 0. The van der Waals surface area contributed by atoms with Gasteiger partial charge < -0.3 is 4.57 Å². The summed E-state index contributed by atoms with van der Waals surface area (Å²) in [6.45, 7) is 7.47. The van der Waals surface area contributed by atoms with Gasteiger partial charge in [0.1, 0.15) is 0 Å². The molecule has 0 spiro atoms. The van der Waals surface area contributed by atoms with Crippen molar-refractivity contribution in [2.24, 2.45) is 0 Å². The summed E-state index contributed by atoms with van der Waals surface area (Å²) in [5.74, 6) is -0.739. The van der Waals surface area contributed by atoms with E-state index < -0.39 is 0 Å². The second kappa shape index (κ2) is 11.6. The summed E-state index contributed by atoms with van der Waals surface area (Å²) in [4.78, 5) is 38.5. The van der Waals surface area contributed by atoms with Gasteiger partial charge in [0.25, 0.3) is 11.8 Å². The molecule has 2 amide bonds. The molecular weight excluding hydrogens is 617 g/mol. The van der Waals surface area contributed by atoms with Crippen molar-refractivity contribution >= 4 is 45.0 Å². The maximum Gasteiger partial charge on any atom is 0.268 e. The average Bonchev–Trinajstić information content (AvgIpc) is 3.65. The van der Waals surface area contributed by atoms with Crippen LogP contribution < -0.4 is 4.90 Å². The van der Waals surface area contributed by atoms with Gasteiger partial charge in [0.15, 0.2) is 0 Å². The van der Waals surface area contributed by atoms with Gasteiger partial charge in [0.05, 0.1) is 40.1 Å². The van der Waals surface area contributed by atoms with E-state index in [9.17, 15) is 9.59 Å². The van der Waals surface area contributed by atoms with Gasteiger partial charge in [0, 0.05) is 28.7 Å². The van der Waals surface area contributed by atoms with Crippen LogP contribution in [0.3, 0.4) is 0 Å². The first-order chi connectivity index (χ1) is 24.6. The Kier molecular flexibility index (Phi) is 6.72. The van der Waals surface area contributed by atoms with Crippen molar-refractivity contribution in [1.29, 1.82) is 0 Å². The van der Waals surface area contributed by atoms with Gasteiger partial charge in [-0.15, -0.1) is 0 Å². The maximum absolute atomic E-state index is 14.8. The molecule has 0 atom stereocenters. The Bertz CT molecular complexity index is 2710. The van der Waals surface area contributed by atoms with E-state index in [1.807, 2.05) is 121 Å². The molecule has 9 rings (SSSR count). The standard InChI is InChI=1S/C44H26N4O2/c1-45-33-23-32(26-46-27-33)31-20-22-36-35-15-8-9-17-38(35)47(41(36)25-31)39-18-10-16-37-42(39)44(50)48(43(37)49)40-24-30(28-11-4-2-5-12-28)19-21-34(40)29-13-6-3-7-14-29/h2-27H. The minimum absolute atomic E-state index is 0.353. The molecule has 3 heterocycles. The van der Waals surface area contributed by atoms with E-state index in [0.717, 1.165) is 55.2 Å². The van der Waals surface area contributed by atoms with Crippen LogP contribution in [0.4, 0.5) is 11.4 Å². The number of hydrogen-bond acceptors (Lipinski definition) is 3. The molecule has 0 fully saturated rings. The van der Waals surface area contributed by atoms with Crippen molar-refractivity contribution in [3.05, 3.63) is 181 Å². The molecule has 50 heavy (non-hydrogen) atoms. The van der Waals surface area contributed by atoms with E-state index in [1.54, 1.807) is 18.5 Å². The third-order valence-electron chi connectivity index (χ3n) is 9.42. The Balaban J connectivity index is 1.25. The molecule has 234 valence electrons. The predicted molar refractivity (Wildman–Crippen MR) is 199 cm³/mol. The van der Waals surface area contributed by atoms with Gasteiger partial charge in [-0.2, -0.15) is 0 Å². The van der Waals surface area contributed by atoms with E-state index >= 15 is 0 Å². The molecule has 0 saturated heterocycles. The lowest BCUT2D eigenvalue weighted by Crippen LogP contribution is -2.30. The summed E-state index contributed by atoms with van der Waals surface area (Å²) in [7, 11) is 0. The molecule has 1 aliphatic rings. The highest BCUT2D eigenvalue weighted by molar-refractivity contribution is 6.36. The molecule has 0 saturated carbocycles. The van der Waals surface area contributed by atoms with Crippen molar-refractivity contribution in [3.8, 4) is 39.1 Å². The molecule has 0 aliphatic carbocycles. The zero-order valence-electron chi connectivity index (χ0n) is 26.6. The summed E-state index contributed by atoms with van der Waals surface area (Å²) < 4.78 is 2.08. The molecule has 0 radical (unpaired) electrons. The number of hydrogen-bond donors (Lipinski definition) is 0. The molecule has 6 heteroatoms. The van der Waals surface area contributed by atoms with E-state index in [1.165, 1.54) is 4.90 Å². The van der Waals surface area contributed by atoms with Gasteiger partial charge >= 0.3 is 0 Å². The van der Waals surface area contributed by atoms with Crippen LogP contribution in [0.15, 0.2) is 158 Å². The minimum Gasteiger partial charge on any atom is -0.308 e. The number of para-hydroxylation sites is 1. The van der Waals surface area contributed by atoms with Gasteiger partial charge in [0.2, 0.25) is 5.69 Å². The number of benzene rings is 6. The van der Waals surface area contributed by atoms with Gasteiger partial charge in [-0.05, 0) is 64.2 Å². The zero-order chi connectivity index (χ0) is 33.8. The van der Waals surface area contributed by atoms with Crippen LogP contribution in [-0.2, 0) is 0 Å². The highest BCUT2D eigenvalue weighted by Crippen LogP contribution is 2.42. The predicted octanol–water partition coefficient (Wildman–Crippen LogP) is 10.5. The number of rotatable bonds is 5. The van der Waals surface area contributed by atoms with Crippen LogP contribution in [0.5, 0.6) is 0 Å². The number of pyridine rings is 1. The number of carbonyl (C=O) groups is 2. The van der Waals surface area contributed by atoms with E-state index in [2.05, 4.69) is 32.6 Å². The number of aromatic nitrogens is 2. The number of amides is 2. The van der Waals surface area contributed by atoms with Gasteiger partial charge in [-0.25, -0.2) is 9.74 Å². The SMILES string of the molecule is [C-]#[N+]c1cncc(-c2ccc3c4ccccc4n(-c4cccc5c4C(=O)N(c4cc(-c6ccccc6)ccc4-c4ccccc4)C5=O)c3c2)c1.